The summed E-state index contributed by atoms with van der Waals surface area (Å²) in [5.74, 6) is 0.00222. The van der Waals surface area contributed by atoms with Crippen molar-refractivity contribution < 1.29 is 18.0 Å². The minimum Gasteiger partial charge on any atom is -0.337 e. The molecule has 1 N–H and O–H groups in total. The maximum Gasteiger partial charge on any atom is 0.416 e. The van der Waals surface area contributed by atoms with Gasteiger partial charge >= 0.3 is 6.18 Å². The molecule has 1 aliphatic rings. The van der Waals surface area contributed by atoms with E-state index in [1.54, 1.807) is 11.9 Å². The van der Waals surface area contributed by atoms with Gasteiger partial charge in [-0.15, -0.1) is 0 Å². The lowest BCUT2D eigenvalue weighted by molar-refractivity contribution is -0.137. The van der Waals surface area contributed by atoms with Crippen molar-refractivity contribution in [2.75, 3.05) is 13.6 Å². The number of likely N-dealkylation sites (tertiary alicyclic amines) is 1. The van der Waals surface area contributed by atoms with Crippen LogP contribution < -0.4 is 5.32 Å². The molecule has 3 nitrogen and oxygen atoms in total. The van der Waals surface area contributed by atoms with Crippen LogP contribution in [-0.2, 0) is 17.5 Å². The van der Waals surface area contributed by atoms with Crippen LogP contribution in [0.2, 0.25) is 0 Å². The summed E-state index contributed by atoms with van der Waals surface area (Å²) in [5.41, 5.74) is 0.0372. The summed E-state index contributed by atoms with van der Waals surface area (Å²) in [6.45, 7) is 0.987. The molecule has 1 heterocycles. The highest BCUT2D eigenvalue weighted by Crippen LogP contribution is 2.29. The van der Waals surface area contributed by atoms with Crippen molar-refractivity contribution in [3.8, 4) is 0 Å². The minimum atomic E-state index is -4.32. The second kappa shape index (κ2) is 5.21. The SMILES string of the molecule is CNC1CCN(Cc2ccc(C(F)(F)F)cc2)C1=O. The number of carbonyl (C=O) groups excluding carboxylic acids is 1. The Morgan fingerprint density at radius 2 is 1.95 bits per heavy atom. The third-order valence-electron chi connectivity index (χ3n) is 3.30. The van der Waals surface area contributed by atoms with E-state index in [0.717, 1.165) is 18.6 Å². The molecular weight excluding hydrogens is 257 g/mol. The second-order valence-electron chi connectivity index (χ2n) is 4.58. The molecule has 1 aliphatic heterocycles. The molecule has 1 atom stereocenters. The fourth-order valence-corrected chi connectivity index (χ4v) is 2.18. The second-order valence-corrected chi connectivity index (χ2v) is 4.58. The number of nitrogens with one attached hydrogen (secondary N) is 1. The van der Waals surface area contributed by atoms with Gasteiger partial charge in [0.05, 0.1) is 11.6 Å². The van der Waals surface area contributed by atoms with Crippen molar-refractivity contribution in [3.63, 3.8) is 0 Å². The largest absolute Gasteiger partial charge is 0.416 e. The fourth-order valence-electron chi connectivity index (χ4n) is 2.18. The molecule has 1 fully saturated rings. The zero-order valence-electron chi connectivity index (χ0n) is 10.5. The number of hydrogen-bond donors (Lipinski definition) is 1. The monoisotopic (exact) mass is 272 g/mol. The van der Waals surface area contributed by atoms with Crippen LogP contribution in [0.1, 0.15) is 17.5 Å². The Morgan fingerprint density at radius 1 is 1.32 bits per heavy atom. The Hall–Kier alpha value is -1.56. The predicted octanol–water partition coefficient (Wildman–Crippen LogP) is 2.03. The average Bonchev–Trinajstić information content (AvgIpc) is 2.70. The topological polar surface area (TPSA) is 32.3 Å². The van der Waals surface area contributed by atoms with E-state index in [0.29, 0.717) is 18.7 Å². The summed E-state index contributed by atoms with van der Waals surface area (Å²) in [6, 6.07) is 4.76. The maximum atomic E-state index is 12.4. The lowest BCUT2D eigenvalue weighted by atomic mass is 10.1. The highest BCUT2D eigenvalue weighted by molar-refractivity contribution is 5.83. The van der Waals surface area contributed by atoms with E-state index in [2.05, 4.69) is 5.32 Å². The molecule has 2 rings (SSSR count). The number of alkyl halides is 3. The van der Waals surface area contributed by atoms with E-state index >= 15 is 0 Å². The van der Waals surface area contributed by atoms with Gasteiger partial charge < -0.3 is 10.2 Å². The molecule has 1 aromatic rings. The molecule has 0 bridgehead atoms. The van der Waals surface area contributed by atoms with Gasteiger partial charge in [-0.05, 0) is 31.2 Å². The lowest BCUT2D eigenvalue weighted by Crippen LogP contribution is -2.35. The Kier molecular flexibility index (Phi) is 3.80. The van der Waals surface area contributed by atoms with Gasteiger partial charge in [0, 0.05) is 13.1 Å². The molecule has 1 amide bonds. The quantitative estimate of drug-likeness (QED) is 0.913. The van der Waals surface area contributed by atoms with E-state index in [1.165, 1.54) is 12.1 Å². The van der Waals surface area contributed by atoms with E-state index in [-0.39, 0.29) is 11.9 Å². The molecule has 0 aromatic heterocycles. The van der Waals surface area contributed by atoms with E-state index in [9.17, 15) is 18.0 Å². The van der Waals surface area contributed by atoms with Crippen molar-refractivity contribution in [2.24, 2.45) is 0 Å². The van der Waals surface area contributed by atoms with E-state index < -0.39 is 11.7 Å². The first-order valence-electron chi connectivity index (χ1n) is 6.04. The van der Waals surface area contributed by atoms with Crippen molar-refractivity contribution in [2.45, 2.75) is 25.2 Å². The van der Waals surface area contributed by atoms with Crippen LogP contribution in [0, 0.1) is 0 Å². The van der Waals surface area contributed by atoms with Gasteiger partial charge in [0.15, 0.2) is 0 Å². The highest BCUT2D eigenvalue weighted by atomic mass is 19.4. The normalized spacial score (nSPS) is 20.1. The van der Waals surface area contributed by atoms with Crippen molar-refractivity contribution in [1.82, 2.24) is 10.2 Å². The number of hydrogen-bond acceptors (Lipinski definition) is 2. The molecule has 6 heteroatoms. The van der Waals surface area contributed by atoms with Crippen LogP contribution in [0.3, 0.4) is 0 Å². The van der Waals surface area contributed by atoms with Crippen LogP contribution in [-0.4, -0.2) is 30.4 Å². The van der Waals surface area contributed by atoms with E-state index in [4.69, 9.17) is 0 Å². The van der Waals surface area contributed by atoms with Gasteiger partial charge in [-0.25, -0.2) is 0 Å². The van der Waals surface area contributed by atoms with Gasteiger partial charge in [0.2, 0.25) is 5.91 Å². The zero-order valence-corrected chi connectivity index (χ0v) is 10.5. The van der Waals surface area contributed by atoms with Crippen molar-refractivity contribution >= 4 is 5.91 Å². The zero-order chi connectivity index (χ0) is 14.0. The van der Waals surface area contributed by atoms with Gasteiger partial charge in [-0.1, -0.05) is 12.1 Å². The van der Waals surface area contributed by atoms with Gasteiger partial charge in [-0.3, -0.25) is 4.79 Å². The van der Waals surface area contributed by atoms with Crippen LogP contribution in [0.15, 0.2) is 24.3 Å². The number of amides is 1. The number of benzene rings is 1. The summed E-state index contributed by atoms with van der Waals surface area (Å²) >= 11 is 0. The molecule has 0 spiro atoms. The Morgan fingerprint density at radius 3 is 2.42 bits per heavy atom. The Balaban J connectivity index is 2.03. The van der Waals surface area contributed by atoms with E-state index in [1.807, 2.05) is 0 Å². The first-order chi connectivity index (χ1) is 8.91. The first kappa shape index (κ1) is 13.9. The molecule has 104 valence electrons. The number of rotatable bonds is 3. The van der Waals surface area contributed by atoms with Crippen LogP contribution in [0.4, 0.5) is 13.2 Å². The molecule has 1 aromatic carbocycles. The van der Waals surface area contributed by atoms with Gasteiger partial charge in [0.25, 0.3) is 0 Å². The molecule has 1 unspecified atom stereocenters. The van der Waals surface area contributed by atoms with Gasteiger partial charge in [-0.2, -0.15) is 13.2 Å². The number of likely N-dealkylation sites (N-methyl/N-ethyl adjacent to an activating group) is 1. The number of carbonyl (C=O) groups is 1. The highest BCUT2D eigenvalue weighted by Gasteiger charge is 2.31. The number of nitrogens with zero attached hydrogens (tertiary/aromatic N) is 1. The predicted molar refractivity (Wildman–Crippen MR) is 64.3 cm³/mol. The minimum absolute atomic E-state index is 0.00222. The van der Waals surface area contributed by atoms with Crippen molar-refractivity contribution in [3.05, 3.63) is 35.4 Å². The summed E-state index contributed by atoms with van der Waals surface area (Å²) in [7, 11) is 1.73. The molecule has 0 radical (unpaired) electrons. The Labute approximate surface area is 109 Å². The van der Waals surface area contributed by atoms with Gasteiger partial charge in [0.1, 0.15) is 0 Å². The summed E-state index contributed by atoms with van der Waals surface area (Å²) in [4.78, 5) is 13.5. The third kappa shape index (κ3) is 3.07. The average molecular weight is 272 g/mol. The maximum absolute atomic E-state index is 12.4. The molecule has 19 heavy (non-hydrogen) atoms. The lowest BCUT2D eigenvalue weighted by Gasteiger charge is -2.17. The molecule has 1 saturated heterocycles. The molecular formula is C13H15F3N2O. The standard InChI is InChI=1S/C13H15F3N2O/c1-17-11-6-7-18(12(11)19)8-9-2-4-10(5-3-9)13(14,15)16/h2-5,11,17H,6-8H2,1H3. The molecule has 0 saturated carbocycles. The summed E-state index contributed by atoms with van der Waals surface area (Å²) in [5, 5.41) is 2.92. The summed E-state index contributed by atoms with van der Waals surface area (Å²) in [6.07, 6.45) is -3.59. The summed E-state index contributed by atoms with van der Waals surface area (Å²) < 4.78 is 37.2. The Bertz CT molecular complexity index is 456. The third-order valence-corrected chi connectivity index (χ3v) is 3.30. The fraction of sp³-hybridized carbons (Fsp3) is 0.462. The number of halogens is 3. The first-order valence-corrected chi connectivity index (χ1v) is 6.04. The van der Waals surface area contributed by atoms with Crippen LogP contribution >= 0.6 is 0 Å². The molecule has 0 aliphatic carbocycles. The smallest absolute Gasteiger partial charge is 0.337 e. The van der Waals surface area contributed by atoms with Crippen LogP contribution in [0.25, 0.3) is 0 Å². The van der Waals surface area contributed by atoms with Crippen LogP contribution in [0.5, 0.6) is 0 Å². The van der Waals surface area contributed by atoms with Crippen molar-refractivity contribution in [1.29, 1.82) is 0 Å².